The van der Waals surface area contributed by atoms with Crippen LogP contribution in [-0.4, -0.2) is 13.7 Å². The standard InChI is InChI=1S/C14H21NO/c1-3-14(10-4-5-11-15-14)12-6-8-13(16-2)9-7-12/h6-9,15H,3-5,10-11H2,1-2H3. The highest BCUT2D eigenvalue weighted by Gasteiger charge is 2.31. The predicted octanol–water partition coefficient (Wildman–Crippen LogP) is 3.07. The summed E-state index contributed by atoms with van der Waals surface area (Å²) in [5.74, 6) is 0.936. The van der Waals surface area contributed by atoms with Crippen LogP contribution < -0.4 is 10.1 Å². The van der Waals surface area contributed by atoms with Crippen LogP contribution in [0.1, 0.15) is 38.2 Å². The first-order valence-corrected chi connectivity index (χ1v) is 6.20. The maximum atomic E-state index is 5.20. The minimum Gasteiger partial charge on any atom is -0.497 e. The van der Waals surface area contributed by atoms with Crippen molar-refractivity contribution in [3.05, 3.63) is 29.8 Å². The predicted molar refractivity (Wildman–Crippen MR) is 66.8 cm³/mol. The summed E-state index contributed by atoms with van der Waals surface area (Å²) in [7, 11) is 1.71. The van der Waals surface area contributed by atoms with E-state index < -0.39 is 0 Å². The second-order valence-corrected chi connectivity index (χ2v) is 4.55. The molecule has 1 N–H and O–H groups in total. The summed E-state index contributed by atoms with van der Waals surface area (Å²) in [6, 6.07) is 8.51. The number of piperidine rings is 1. The third-order valence-corrected chi connectivity index (χ3v) is 3.74. The van der Waals surface area contributed by atoms with E-state index in [1.165, 1.54) is 24.8 Å². The van der Waals surface area contributed by atoms with Crippen molar-refractivity contribution in [2.24, 2.45) is 0 Å². The monoisotopic (exact) mass is 219 g/mol. The normalized spacial score (nSPS) is 25.4. The molecule has 2 rings (SSSR count). The molecule has 0 amide bonds. The molecule has 0 spiro atoms. The molecule has 2 nitrogen and oxygen atoms in total. The molecule has 1 aromatic carbocycles. The van der Waals surface area contributed by atoms with Gasteiger partial charge < -0.3 is 10.1 Å². The number of ether oxygens (including phenoxy) is 1. The van der Waals surface area contributed by atoms with E-state index in [2.05, 4.69) is 36.5 Å². The van der Waals surface area contributed by atoms with Crippen LogP contribution in [0.3, 0.4) is 0 Å². The van der Waals surface area contributed by atoms with Gasteiger partial charge in [0.1, 0.15) is 5.75 Å². The Bertz CT molecular complexity index is 325. The zero-order valence-electron chi connectivity index (χ0n) is 10.3. The highest BCUT2D eigenvalue weighted by molar-refractivity contribution is 5.32. The van der Waals surface area contributed by atoms with Crippen LogP contribution in [-0.2, 0) is 5.54 Å². The Morgan fingerprint density at radius 2 is 2.00 bits per heavy atom. The number of rotatable bonds is 3. The molecule has 16 heavy (non-hydrogen) atoms. The van der Waals surface area contributed by atoms with E-state index in [1.54, 1.807) is 7.11 Å². The first-order valence-electron chi connectivity index (χ1n) is 6.20. The average Bonchev–Trinajstić information content (AvgIpc) is 2.39. The second-order valence-electron chi connectivity index (χ2n) is 4.55. The fourth-order valence-corrected chi connectivity index (χ4v) is 2.63. The number of hydrogen-bond donors (Lipinski definition) is 1. The van der Waals surface area contributed by atoms with Crippen molar-refractivity contribution in [2.45, 2.75) is 38.1 Å². The van der Waals surface area contributed by atoms with Crippen LogP contribution >= 0.6 is 0 Å². The summed E-state index contributed by atoms with van der Waals surface area (Å²) < 4.78 is 5.20. The van der Waals surface area contributed by atoms with Crippen LogP contribution in [0.4, 0.5) is 0 Å². The van der Waals surface area contributed by atoms with E-state index in [1.807, 2.05) is 0 Å². The van der Waals surface area contributed by atoms with E-state index in [-0.39, 0.29) is 5.54 Å². The number of methoxy groups -OCH3 is 1. The zero-order valence-corrected chi connectivity index (χ0v) is 10.3. The van der Waals surface area contributed by atoms with Gasteiger partial charge in [-0.15, -0.1) is 0 Å². The second kappa shape index (κ2) is 4.88. The Labute approximate surface area is 98.0 Å². The van der Waals surface area contributed by atoms with Crippen LogP contribution in [0, 0.1) is 0 Å². The summed E-state index contributed by atoms with van der Waals surface area (Å²) in [6.45, 7) is 3.41. The van der Waals surface area contributed by atoms with Gasteiger partial charge in [0.15, 0.2) is 0 Å². The third-order valence-electron chi connectivity index (χ3n) is 3.74. The third kappa shape index (κ3) is 2.07. The van der Waals surface area contributed by atoms with E-state index >= 15 is 0 Å². The number of benzene rings is 1. The maximum absolute atomic E-state index is 5.20. The highest BCUT2D eigenvalue weighted by Crippen LogP contribution is 2.34. The molecule has 1 aromatic rings. The lowest BCUT2D eigenvalue weighted by molar-refractivity contribution is 0.248. The van der Waals surface area contributed by atoms with E-state index in [9.17, 15) is 0 Å². The van der Waals surface area contributed by atoms with Gasteiger partial charge in [0.25, 0.3) is 0 Å². The Morgan fingerprint density at radius 3 is 2.50 bits per heavy atom. The first kappa shape index (κ1) is 11.5. The molecule has 2 heteroatoms. The number of nitrogens with one attached hydrogen (secondary N) is 1. The van der Waals surface area contributed by atoms with Crippen molar-refractivity contribution in [1.82, 2.24) is 5.32 Å². The summed E-state index contributed by atoms with van der Waals surface area (Å²) >= 11 is 0. The molecule has 0 radical (unpaired) electrons. The molecule has 1 aliphatic heterocycles. The summed E-state index contributed by atoms with van der Waals surface area (Å²) in [5.41, 5.74) is 1.60. The summed E-state index contributed by atoms with van der Waals surface area (Å²) in [4.78, 5) is 0. The molecule has 0 aliphatic carbocycles. The van der Waals surface area contributed by atoms with E-state index in [4.69, 9.17) is 4.74 Å². The largest absolute Gasteiger partial charge is 0.497 e. The molecule has 1 saturated heterocycles. The molecule has 1 unspecified atom stereocenters. The van der Waals surface area contributed by atoms with Gasteiger partial charge in [-0.3, -0.25) is 0 Å². The molecule has 1 heterocycles. The van der Waals surface area contributed by atoms with Gasteiger partial charge in [-0.2, -0.15) is 0 Å². The average molecular weight is 219 g/mol. The lowest BCUT2D eigenvalue weighted by atomic mass is 9.80. The van der Waals surface area contributed by atoms with Crippen molar-refractivity contribution in [3.8, 4) is 5.75 Å². The minimum absolute atomic E-state index is 0.199. The van der Waals surface area contributed by atoms with Crippen molar-refractivity contribution in [1.29, 1.82) is 0 Å². The van der Waals surface area contributed by atoms with Crippen LogP contribution in [0.2, 0.25) is 0 Å². The molecule has 0 aromatic heterocycles. The van der Waals surface area contributed by atoms with Crippen LogP contribution in [0.5, 0.6) is 5.75 Å². The lowest BCUT2D eigenvalue weighted by Gasteiger charge is -2.38. The quantitative estimate of drug-likeness (QED) is 0.843. The smallest absolute Gasteiger partial charge is 0.118 e. The maximum Gasteiger partial charge on any atom is 0.118 e. The van der Waals surface area contributed by atoms with E-state index in [0.717, 1.165) is 18.7 Å². The molecular formula is C14H21NO. The van der Waals surface area contributed by atoms with Gasteiger partial charge in [-0.25, -0.2) is 0 Å². The molecule has 0 saturated carbocycles. The first-order chi connectivity index (χ1) is 7.80. The van der Waals surface area contributed by atoms with Crippen molar-refractivity contribution >= 4 is 0 Å². The molecule has 1 atom stereocenters. The van der Waals surface area contributed by atoms with Gasteiger partial charge in [0.05, 0.1) is 7.11 Å². The minimum atomic E-state index is 0.199. The topological polar surface area (TPSA) is 21.3 Å². The van der Waals surface area contributed by atoms with Gasteiger partial charge >= 0.3 is 0 Å². The molecule has 1 aliphatic rings. The zero-order chi connectivity index (χ0) is 11.4. The van der Waals surface area contributed by atoms with Crippen LogP contribution in [0.15, 0.2) is 24.3 Å². The molecule has 0 bridgehead atoms. The summed E-state index contributed by atoms with van der Waals surface area (Å²) in [5, 5.41) is 3.70. The van der Waals surface area contributed by atoms with Crippen molar-refractivity contribution < 1.29 is 4.74 Å². The Balaban J connectivity index is 2.24. The fourth-order valence-electron chi connectivity index (χ4n) is 2.63. The van der Waals surface area contributed by atoms with Crippen molar-refractivity contribution in [3.63, 3.8) is 0 Å². The van der Waals surface area contributed by atoms with Crippen LogP contribution in [0.25, 0.3) is 0 Å². The van der Waals surface area contributed by atoms with Gasteiger partial charge in [0, 0.05) is 5.54 Å². The Hall–Kier alpha value is -1.02. The lowest BCUT2D eigenvalue weighted by Crippen LogP contribution is -2.45. The van der Waals surface area contributed by atoms with Gasteiger partial charge in [-0.05, 0) is 43.5 Å². The fraction of sp³-hybridized carbons (Fsp3) is 0.571. The Kier molecular flexibility index (Phi) is 3.49. The van der Waals surface area contributed by atoms with Gasteiger partial charge in [0.2, 0.25) is 0 Å². The van der Waals surface area contributed by atoms with Crippen molar-refractivity contribution in [2.75, 3.05) is 13.7 Å². The Morgan fingerprint density at radius 1 is 1.25 bits per heavy atom. The molecule has 1 fully saturated rings. The molecule has 88 valence electrons. The number of hydrogen-bond acceptors (Lipinski definition) is 2. The SMILES string of the molecule is CCC1(c2ccc(OC)cc2)CCCCN1. The van der Waals surface area contributed by atoms with E-state index in [0.29, 0.717) is 0 Å². The highest BCUT2D eigenvalue weighted by atomic mass is 16.5. The summed E-state index contributed by atoms with van der Waals surface area (Å²) in [6.07, 6.45) is 5.03. The molecular weight excluding hydrogens is 198 g/mol. The van der Waals surface area contributed by atoms with Gasteiger partial charge in [-0.1, -0.05) is 25.5 Å².